The van der Waals surface area contributed by atoms with E-state index in [1.807, 2.05) is 24.3 Å². The molecule has 0 aliphatic heterocycles. The molecule has 8 nitrogen and oxygen atoms in total. The molecule has 1 aliphatic rings. The number of anilines is 1. The van der Waals surface area contributed by atoms with Crippen LogP contribution in [-0.2, 0) is 22.4 Å². The molecule has 0 atom stereocenters. The first-order valence-corrected chi connectivity index (χ1v) is 10.6. The number of hydrogen-bond acceptors (Lipinski definition) is 6. The van der Waals surface area contributed by atoms with Crippen LogP contribution in [0.25, 0.3) is 10.9 Å². The highest BCUT2D eigenvalue weighted by molar-refractivity contribution is 6.06. The van der Waals surface area contributed by atoms with Gasteiger partial charge in [-0.1, -0.05) is 36.8 Å². The van der Waals surface area contributed by atoms with E-state index in [1.165, 1.54) is 6.07 Å². The van der Waals surface area contributed by atoms with E-state index in [2.05, 4.69) is 5.32 Å². The SMILES string of the molecule is Cc1cccc([N+](=O)[O-])c1NC(=O)COC(=O)c1c2c(nc3ccccc13)CCCCC2. The minimum absolute atomic E-state index is 0.0989. The first kappa shape index (κ1) is 21.4. The molecule has 0 radical (unpaired) electrons. The molecule has 1 aromatic heterocycles. The third-order valence-corrected chi connectivity index (χ3v) is 5.67. The summed E-state index contributed by atoms with van der Waals surface area (Å²) in [4.78, 5) is 41.0. The van der Waals surface area contributed by atoms with Crippen LogP contribution in [0.15, 0.2) is 42.5 Å². The number of rotatable bonds is 5. The van der Waals surface area contributed by atoms with E-state index in [4.69, 9.17) is 9.72 Å². The summed E-state index contributed by atoms with van der Waals surface area (Å²) in [6.45, 7) is 1.11. The highest BCUT2D eigenvalue weighted by Gasteiger charge is 2.24. The third kappa shape index (κ3) is 4.30. The quantitative estimate of drug-likeness (QED) is 0.274. The van der Waals surface area contributed by atoms with Crippen LogP contribution in [0.3, 0.4) is 0 Å². The van der Waals surface area contributed by atoms with Gasteiger partial charge in [0.25, 0.3) is 11.6 Å². The number of amides is 1. The standard InChI is InChI=1S/C24H23N3O5/c1-15-8-7-13-20(27(30)31)23(15)26-21(28)14-32-24(29)22-16-9-3-2-4-11-18(16)25-19-12-6-5-10-17(19)22/h5-8,10,12-13H,2-4,9,11,14H2,1H3,(H,26,28). The second-order valence-corrected chi connectivity index (χ2v) is 7.84. The molecule has 0 fully saturated rings. The Hall–Kier alpha value is -3.81. The summed E-state index contributed by atoms with van der Waals surface area (Å²) < 4.78 is 5.37. The second-order valence-electron chi connectivity index (χ2n) is 7.84. The van der Waals surface area contributed by atoms with E-state index in [-0.39, 0.29) is 11.4 Å². The van der Waals surface area contributed by atoms with Crippen LogP contribution in [0, 0.1) is 17.0 Å². The number of carbonyl (C=O) groups excluding carboxylic acids is 2. The lowest BCUT2D eigenvalue weighted by molar-refractivity contribution is -0.384. The van der Waals surface area contributed by atoms with E-state index >= 15 is 0 Å². The van der Waals surface area contributed by atoms with Gasteiger partial charge in [-0.25, -0.2) is 4.79 Å². The lowest BCUT2D eigenvalue weighted by atomic mass is 9.97. The van der Waals surface area contributed by atoms with Crippen molar-refractivity contribution in [2.75, 3.05) is 11.9 Å². The van der Waals surface area contributed by atoms with Gasteiger partial charge in [-0.05, 0) is 49.8 Å². The van der Waals surface area contributed by atoms with Gasteiger partial charge in [-0.2, -0.15) is 0 Å². The average molecular weight is 433 g/mol. The Balaban J connectivity index is 1.57. The van der Waals surface area contributed by atoms with Crippen LogP contribution < -0.4 is 5.32 Å². The van der Waals surface area contributed by atoms with Crippen LogP contribution in [0.4, 0.5) is 11.4 Å². The van der Waals surface area contributed by atoms with Gasteiger partial charge in [0.2, 0.25) is 0 Å². The van der Waals surface area contributed by atoms with Crippen molar-refractivity contribution in [2.24, 2.45) is 0 Å². The molecule has 1 aliphatic carbocycles. The summed E-state index contributed by atoms with van der Waals surface area (Å²) >= 11 is 0. The van der Waals surface area contributed by atoms with Gasteiger partial charge < -0.3 is 10.1 Å². The highest BCUT2D eigenvalue weighted by Crippen LogP contribution is 2.30. The number of aromatic nitrogens is 1. The Bertz CT molecular complexity index is 1220. The molecule has 1 heterocycles. The number of pyridine rings is 1. The van der Waals surface area contributed by atoms with Crippen molar-refractivity contribution in [1.29, 1.82) is 0 Å². The van der Waals surface area contributed by atoms with E-state index in [1.54, 1.807) is 19.1 Å². The molecular weight excluding hydrogens is 410 g/mol. The molecule has 0 saturated heterocycles. The Morgan fingerprint density at radius 2 is 1.88 bits per heavy atom. The van der Waals surface area contributed by atoms with Gasteiger partial charge in [0.05, 0.1) is 16.0 Å². The maximum Gasteiger partial charge on any atom is 0.339 e. The summed E-state index contributed by atoms with van der Waals surface area (Å²) in [7, 11) is 0. The van der Waals surface area contributed by atoms with E-state index < -0.39 is 23.4 Å². The molecule has 3 aromatic rings. The van der Waals surface area contributed by atoms with Crippen molar-refractivity contribution in [2.45, 2.75) is 39.0 Å². The predicted octanol–water partition coefficient (Wildman–Crippen LogP) is 4.52. The number of nitrogens with one attached hydrogen (secondary N) is 1. The van der Waals surface area contributed by atoms with Crippen molar-refractivity contribution in [3.8, 4) is 0 Å². The third-order valence-electron chi connectivity index (χ3n) is 5.67. The molecule has 164 valence electrons. The lowest BCUT2D eigenvalue weighted by Crippen LogP contribution is -2.23. The number of ether oxygens (including phenoxy) is 1. The number of nitrogens with zero attached hydrogens (tertiary/aromatic N) is 2. The van der Waals surface area contributed by atoms with Crippen LogP contribution >= 0.6 is 0 Å². The Labute approximate surface area is 184 Å². The minimum Gasteiger partial charge on any atom is -0.452 e. The van der Waals surface area contributed by atoms with E-state index in [9.17, 15) is 19.7 Å². The molecule has 0 spiro atoms. The van der Waals surface area contributed by atoms with Gasteiger partial charge in [0.1, 0.15) is 5.69 Å². The molecular formula is C24H23N3O5. The number of hydrogen-bond donors (Lipinski definition) is 1. The monoisotopic (exact) mass is 433 g/mol. The zero-order valence-electron chi connectivity index (χ0n) is 17.7. The van der Waals surface area contributed by atoms with Gasteiger partial charge in [0, 0.05) is 17.1 Å². The van der Waals surface area contributed by atoms with Crippen LogP contribution in [-0.4, -0.2) is 28.4 Å². The number of para-hydroxylation sites is 2. The van der Waals surface area contributed by atoms with Gasteiger partial charge >= 0.3 is 5.97 Å². The molecule has 2 aromatic carbocycles. The minimum atomic E-state index is -0.639. The first-order valence-electron chi connectivity index (χ1n) is 10.6. The fraction of sp³-hybridized carbons (Fsp3) is 0.292. The van der Waals surface area contributed by atoms with Crippen molar-refractivity contribution < 1.29 is 19.2 Å². The number of benzene rings is 2. The van der Waals surface area contributed by atoms with Crippen LogP contribution in [0.1, 0.15) is 46.4 Å². The summed E-state index contributed by atoms with van der Waals surface area (Å²) in [5.41, 5.74) is 3.41. The van der Waals surface area contributed by atoms with Crippen LogP contribution in [0.2, 0.25) is 0 Å². The van der Waals surface area contributed by atoms with Gasteiger partial charge in [-0.15, -0.1) is 0 Å². The number of fused-ring (bicyclic) bond motifs is 2. The molecule has 0 unspecified atom stereocenters. The maximum absolute atomic E-state index is 13.1. The van der Waals surface area contributed by atoms with Crippen molar-refractivity contribution in [3.05, 3.63) is 75.0 Å². The maximum atomic E-state index is 13.1. The zero-order chi connectivity index (χ0) is 22.7. The van der Waals surface area contributed by atoms with Crippen LogP contribution in [0.5, 0.6) is 0 Å². The molecule has 4 rings (SSSR count). The largest absolute Gasteiger partial charge is 0.452 e. The van der Waals surface area contributed by atoms with E-state index in [0.29, 0.717) is 16.5 Å². The topological polar surface area (TPSA) is 111 Å². The van der Waals surface area contributed by atoms with Crippen molar-refractivity contribution in [3.63, 3.8) is 0 Å². The molecule has 0 saturated carbocycles. The normalized spacial score (nSPS) is 13.2. The number of nitro benzene ring substituents is 1. The fourth-order valence-electron chi connectivity index (χ4n) is 4.13. The van der Waals surface area contributed by atoms with E-state index in [0.717, 1.165) is 48.9 Å². The second kappa shape index (κ2) is 9.13. The highest BCUT2D eigenvalue weighted by atomic mass is 16.6. The summed E-state index contributed by atoms with van der Waals surface area (Å²) in [6, 6.07) is 11.9. The van der Waals surface area contributed by atoms with Crippen molar-refractivity contribution >= 4 is 34.2 Å². The van der Waals surface area contributed by atoms with Crippen molar-refractivity contribution in [1.82, 2.24) is 4.98 Å². The number of esters is 1. The number of nitro groups is 1. The number of aryl methyl sites for hydroxylation is 2. The first-order chi connectivity index (χ1) is 15.5. The summed E-state index contributed by atoms with van der Waals surface area (Å²) in [5.74, 6) is -1.23. The number of carbonyl (C=O) groups is 2. The summed E-state index contributed by atoms with van der Waals surface area (Å²) in [6.07, 6.45) is 4.59. The van der Waals surface area contributed by atoms with Gasteiger partial charge in [0.15, 0.2) is 6.61 Å². The Kier molecular flexibility index (Phi) is 6.11. The smallest absolute Gasteiger partial charge is 0.339 e. The Morgan fingerprint density at radius 1 is 1.09 bits per heavy atom. The van der Waals surface area contributed by atoms with Gasteiger partial charge in [-0.3, -0.25) is 19.9 Å². The summed E-state index contributed by atoms with van der Waals surface area (Å²) in [5, 5.41) is 14.5. The predicted molar refractivity (Wildman–Crippen MR) is 120 cm³/mol. The molecule has 1 amide bonds. The molecule has 8 heteroatoms. The fourth-order valence-corrected chi connectivity index (χ4v) is 4.13. The zero-order valence-corrected chi connectivity index (χ0v) is 17.7. The average Bonchev–Trinajstić information content (AvgIpc) is 3.02. The molecule has 0 bridgehead atoms. The molecule has 1 N–H and O–H groups in total. The molecule has 32 heavy (non-hydrogen) atoms. The Morgan fingerprint density at radius 3 is 2.69 bits per heavy atom. The lowest BCUT2D eigenvalue weighted by Gasteiger charge is -2.15.